The molecule has 110 valence electrons. The van der Waals surface area contributed by atoms with Crippen LogP contribution in [0.3, 0.4) is 0 Å². The van der Waals surface area contributed by atoms with Gasteiger partial charge in [0.05, 0.1) is 10.0 Å². The van der Waals surface area contributed by atoms with Crippen LogP contribution in [-0.4, -0.2) is 11.1 Å². The van der Waals surface area contributed by atoms with Crippen LogP contribution in [0, 0.1) is 0 Å². The molecular formula is C14H8BrF3O3. The van der Waals surface area contributed by atoms with E-state index >= 15 is 0 Å². The summed E-state index contributed by atoms with van der Waals surface area (Å²) in [5.74, 6) is -1.36. The molecule has 21 heavy (non-hydrogen) atoms. The van der Waals surface area contributed by atoms with Gasteiger partial charge in [-0.1, -0.05) is 12.1 Å². The highest BCUT2D eigenvalue weighted by atomic mass is 79.9. The molecule has 2 aromatic rings. The second kappa shape index (κ2) is 5.77. The van der Waals surface area contributed by atoms with Crippen LogP contribution in [0.1, 0.15) is 15.9 Å². The van der Waals surface area contributed by atoms with Crippen molar-refractivity contribution in [2.75, 3.05) is 0 Å². The van der Waals surface area contributed by atoms with Gasteiger partial charge in [0.15, 0.2) is 0 Å². The Balaban J connectivity index is 2.45. The number of carboxylic acids is 1. The second-order valence-electron chi connectivity index (χ2n) is 4.05. The van der Waals surface area contributed by atoms with Gasteiger partial charge in [-0.3, -0.25) is 0 Å². The summed E-state index contributed by atoms with van der Waals surface area (Å²) in [5, 5.41) is 9.04. The number of aromatic carboxylic acids is 1. The fourth-order valence-corrected chi connectivity index (χ4v) is 1.97. The maximum Gasteiger partial charge on any atom is 0.416 e. The SMILES string of the molecule is O=C(O)c1cc(C(F)(F)F)ccc1Oc1ccccc1Br. The summed E-state index contributed by atoms with van der Waals surface area (Å²) in [7, 11) is 0. The lowest BCUT2D eigenvalue weighted by molar-refractivity contribution is -0.137. The van der Waals surface area contributed by atoms with Crippen molar-refractivity contribution < 1.29 is 27.8 Å². The van der Waals surface area contributed by atoms with Gasteiger partial charge < -0.3 is 9.84 Å². The van der Waals surface area contributed by atoms with Crippen molar-refractivity contribution in [1.29, 1.82) is 0 Å². The van der Waals surface area contributed by atoms with Crippen LogP contribution in [0.4, 0.5) is 13.2 Å². The Kier molecular flexibility index (Phi) is 4.22. The number of ether oxygens (including phenoxy) is 1. The molecular weight excluding hydrogens is 353 g/mol. The fraction of sp³-hybridized carbons (Fsp3) is 0.0714. The molecule has 2 rings (SSSR count). The quantitative estimate of drug-likeness (QED) is 0.841. The Bertz CT molecular complexity index is 683. The van der Waals surface area contributed by atoms with Gasteiger partial charge in [0.2, 0.25) is 0 Å². The Labute approximate surface area is 126 Å². The van der Waals surface area contributed by atoms with Gasteiger partial charge in [-0.05, 0) is 46.3 Å². The van der Waals surface area contributed by atoms with E-state index in [4.69, 9.17) is 9.84 Å². The minimum Gasteiger partial charge on any atom is -0.478 e. The minimum absolute atomic E-state index is 0.164. The molecule has 0 fully saturated rings. The van der Waals surface area contributed by atoms with Gasteiger partial charge in [-0.2, -0.15) is 13.2 Å². The smallest absolute Gasteiger partial charge is 0.416 e. The van der Waals surface area contributed by atoms with Crippen LogP contribution in [0.15, 0.2) is 46.9 Å². The van der Waals surface area contributed by atoms with E-state index in [1.165, 1.54) is 0 Å². The normalized spacial score (nSPS) is 11.2. The topological polar surface area (TPSA) is 46.5 Å². The number of carboxylic acid groups (broad SMARTS) is 1. The number of hydrogen-bond donors (Lipinski definition) is 1. The van der Waals surface area contributed by atoms with Gasteiger partial charge in [-0.15, -0.1) is 0 Å². The first-order chi connectivity index (χ1) is 9.79. The zero-order valence-corrected chi connectivity index (χ0v) is 11.9. The van der Waals surface area contributed by atoms with Crippen molar-refractivity contribution in [3.05, 3.63) is 58.1 Å². The van der Waals surface area contributed by atoms with Crippen molar-refractivity contribution in [1.82, 2.24) is 0 Å². The molecule has 7 heteroatoms. The number of benzene rings is 2. The molecule has 1 N–H and O–H groups in total. The molecule has 0 bridgehead atoms. The maximum atomic E-state index is 12.6. The number of carbonyl (C=O) groups is 1. The molecule has 0 saturated carbocycles. The molecule has 0 amide bonds. The van der Waals surface area contributed by atoms with E-state index in [1.54, 1.807) is 24.3 Å². The van der Waals surface area contributed by atoms with Crippen LogP contribution < -0.4 is 4.74 Å². The predicted octanol–water partition coefficient (Wildman–Crippen LogP) is 4.96. The second-order valence-corrected chi connectivity index (χ2v) is 4.90. The van der Waals surface area contributed by atoms with E-state index in [0.29, 0.717) is 16.3 Å². The molecule has 0 spiro atoms. The van der Waals surface area contributed by atoms with Gasteiger partial charge in [0.1, 0.15) is 17.1 Å². The standard InChI is InChI=1S/C14H8BrF3O3/c15-10-3-1-2-4-12(10)21-11-6-5-8(14(16,17)18)7-9(11)13(19)20/h1-7H,(H,19,20). The number of hydrogen-bond acceptors (Lipinski definition) is 2. The Morgan fingerprint density at radius 2 is 1.76 bits per heavy atom. The maximum absolute atomic E-state index is 12.6. The molecule has 0 unspecified atom stereocenters. The van der Waals surface area contributed by atoms with E-state index in [-0.39, 0.29) is 5.75 Å². The first-order valence-corrected chi connectivity index (χ1v) is 6.45. The third-order valence-electron chi connectivity index (χ3n) is 2.59. The molecule has 0 saturated heterocycles. The van der Waals surface area contributed by atoms with Crippen molar-refractivity contribution >= 4 is 21.9 Å². The lowest BCUT2D eigenvalue weighted by Gasteiger charge is -2.13. The highest BCUT2D eigenvalue weighted by molar-refractivity contribution is 9.10. The highest BCUT2D eigenvalue weighted by Gasteiger charge is 2.32. The van der Waals surface area contributed by atoms with Gasteiger partial charge >= 0.3 is 12.1 Å². The summed E-state index contributed by atoms with van der Waals surface area (Å²) < 4.78 is 43.8. The van der Waals surface area contributed by atoms with E-state index < -0.39 is 23.3 Å². The average molecular weight is 361 g/mol. The van der Waals surface area contributed by atoms with Gasteiger partial charge in [-0.25, -0.2) is 4.79 Å². The molecule has 0 atom stereocenters. The van der Waals surface area contributed by atoms with Crippen molar-refractivity contribution in [3.8, 4) is 11.5 Å². The van der Waals surface area contributed by atoms with Crippen molar-refractivity contribution in [2.24, 2.45) is 0 Å². The summed E-state index contributed by atoms with van der Waals surface area (Å²) in [6.07, 6.45) is -4.62. The van der Waals surface area contributed by atoms with Gasteiger partial charge in [0, 0.05) is 0 Å². The Hall–Kier alpha value is -2.02. The monoisotopic (exact) mass is 360 g/mol. The van der Waals surface area contributed by atoms with Crippen molar-refractivity contribution in [2.45, 2.75) is 6.18 Å². The van der Waals surface area contributed by atoms with Crippen LogP contribution in [0.25, 0.3) is 0 Å². The fourth-order valence-electron chi connectivity index (χ4n) is 1.61. The van der Waals surface area contributed by atoms with Crippen LogP contribution >= 0.6 is 15.9 Å². The highest BCUT2D eigenvalue weighted by Crippen LogP contribution is 2.35. The number of alkyl halides is 3. The summed E-state index contributed by atoms with van der Waals surface area (Å²) in [5.41, 5.74) is -1.60. The molecule has 0 aromatic heterocycles. The Morgan fingerprint density at radius 3 is 2.33 bits per heavy atom. The van der Waals surface area contributed by atoms with E-state index in [0.717, 1.165) is 12.1 Å². The molecule has 0 aliphatic rings. The molecule has 3 nitrogen and oxygen atoms in total. The largest absolute Gasteiger partial charge is 0.478 e. The van der Waals surface area contributed by atoms with Crippen LogP contribution in [-0.2, 0) is 6.18 Å². The zero-order chi connectivity index (χ0) is 15.6. The summed E-state index contributed by atoms with van der Waals surface area (Å²) in [6, 6.07) is 8.93. The first-order valence-electron chi connectivity index (χ1n) is 5.66. The van der Waals surface area contributed by atoms with Crippen LogP contribution in [0.5, 0.6) is 11.5 Å². The summed E-state index contributed by atoms with van der Waals surface area (Å²) in [6.45, 7) is 0. The van der Waals surface area contributed by atoms with E-state index in [2.05, 4.69) is 15.9 Å². The first kappa shape index (κ1) is 15.4. The number of halogens is 4. The zero-order valence-electron chi connectivity index (χ0n) is 10.3. The molecule has 2 aromatic carbocycles. The van der Waals surface area contributed by atoms with E-state index in [1.807, 2.05) is 0 Å². The molecule has 0 aliphatic carbocycles. The average Bonchev–Trinajstić information content (AvgIpc) is 2.40. The molecule has 0 radical (unpaired) electrons. The summed E-state index contributed by atoms with van der Waals surface area (Å²) in [4.78, 5) is 11.1. The van der Waals surface area contributed by atoms with Gasteiger partial charge in [0.25, 0.3) is 0 Å². The third kappa shape index (κ3) is 3.55. The predicted molar refractivity (Wildman–Crippen MR) is 72.6 cm³/mol. The van der Waals surface area contributed by atoms with E-state index in [9.17, 15) is 18.0 Å². The van der Waals surface area contributed by atoms with Crippen LogP contribution in [0.2, 0.25) is 0 Å². The number of rotatable bonds is 3. The van der Waals surface area contributed by atoms with Crippen molar-refractivity contribution in [3.63, 3.8) is 0 Å². The lowest BCUT2D eigenvalue weighted by atomic mass is 10.1. The third-order valence-corrected chi connectivity index (χ3v) is 3.25. The summed E-state index contributed by atoms with van der Waals surface area (Å²) >= 11 is 3.21. The molecule has 0 aliphatic heterocycles. The Morgan fingerprint density at radius 1 is 1.10 bits per heavy atom. The minimum atomic E-state index is -4.62. The number of para-hydroxylation sites is 1. The lowest BCUT2D eigenvalue weighted by Crippen LogP contribution is -2.08. The molecule has 0 heterocycles.